The van der Waals surface area contributed by atoms with Gasteiger partial charge in [-0.15, -0.1) is 0 Å². The fraction of sp³-hybridized carbons (Fsp3) is 0.467. The van der Waals surface area contributed by atoms with Crippen LogP contribution in [0.2, 0.25) is 0 Å². The maximum atomic E-state index is 12.7. The normalized spacial score (nSPS) is 22.6. The molecule has 21 heavy (non-hydrogen) atoms. The summed E-state index contributed by atoms with van der Waals surface area (Å²) in [5.41, 5.74) is 0.961. The fourth-order valence-electron chi connectivity index (χ4n) is 2.61. The van der Waals surface area contributed by atoms with Gasteiger partial charge in [-0.3, -0.25) is 9.59 Å². The molecule has 1 aromatic rings. The summed E-state index contributed by atoms with van der Waals surface area (Å²) in [6, 6.07) is 6.21. The van der Waals surface area contributed by atoms with Crippen molar-refractivity contribution >= 4 is 17.9 Å². The Labute approximate surface area is 120 Å². The first kappa shape index (κ1) is 15.5. The molecule has 1 N–H and O–H groups in total. The SMILES string of the molecule is O=Cc1ccc(NC(=O)C2CCCC(C(F)(F)F)C2)cc1. The lowest BCUT2D eigenvalue weighted by Crippen LogP contribution is -2.34. The molecule has 1 amide bonds. The van der Waals surface area contributed by atoms with Crippen LogP contribution < -0.4 is 5.32 Å². The highest BCUT2D eigenvalue weighted by Crippen LogP contribution is 2.40. The van der Waals surface area contributed by atoms with Gasteiger partial charge in [0.15, 0.2) is 0 Å². The Balaban J connectivity index is 1.97. The monoisotopic (exact) mass is 299 g/mol. The smallest absolute Gasteiger partial charge is 0.326 e. The van der Waals surface area contributed by atoms with Gasteiger partial charge >= 0.3 is 6.18 Å². The van der Waals surface area contributed by atoms with Crippen molar-refractivity contribution in [2.75, 3.05) is 5.32 Å². The number of alkyl halides is 3. The van der Waals surface area contributed by atoms with E-state index in [0.29, 0.717) is 30.4 Å². The van der Waals surface area contributed by atoms with E-state index in [0.717, 1.165) is 0 Å². The number of nitrogens with one attached hydrogen (secondary N) is 1. The van der Waals surface area contributed by atoms with Crippen molar-refractivity contribution in [3.05, 3.63) is 29.8 Å². The van der Waals surface area contributed by atoms with Gasteiger partial charge in [0, 0.05) is 17.2 Å². The molecule has 2 rings (SSSR count). The first-order chi connectivity index (χ1) is 9.90. The van der Waals surface area contributed by atoms with E-state index >= 15 is 0 Å². The second-order valence-electron chi connectivity index (χ2n) is 5.33. The molecule has 0 heterocycles. The van der Waals surface area contributed by atoms with Crippen LogP contribution in [0.4, 0.5) is 18.9 Å². The van der Waals surface area contributed by atoms with Crippen molar-refractivity contribution < 1.29 is 22.8 Å². The van der Waals surface area contributed by atoms with Crippen LogP contribution in [0, 0.1) is 11.8 Å². The third-order valence-corrected chi connectivity index (χ3v) is 3.82. The van der Waals surface area contributed by atoms with E-state index < -0.39 is 18.0 Å². The number of benzene rings is 1. The van der Waals surface area contributed by atoms with Crippen LogP contribution in [0.25, 0.3) is 0 Å². The maximum absolute atomic E-state index is 12.7. The molecule has 1 aromatic carbocycles. The van der Waals surface area contributed by atoms with Crippen molar-refractivity contribution in [3.63, 3.8) is 0 Å². The number of rotatable bonds is 3. The molecule has 0 radical (unpaired) electrons. The zero-order valence-electron chi connectivity index (χ0n) is 11.3. The molecule has 1 aliphatic rings. The molecule has 1 saturated carbocycles. The van der Waals surface area contributed by atoms with Crippen molar-refractivity contribution in [3.8, 4) is 0 Å². The Morgan fingerprint density at radius 1 is 1.19 bits per heavy atom. The summed E-state index contributed by atoms with van der Waals surface area (Å²) in [6.45, 7) is 0. The van der Waals surface area contributed by atoms with Crippen LogP contribution in [0.5, 0.6) is 0 Å². The van der Waals surface area contributed by atoms with Gasteiger partial charge in [0.2, 0.25) is 5.91 Å². The molecule has 1 fully saturated rings. The minimum absolute atomic E-state index is 0.0985. The molecule has 2 atom stereocenters. The number of hydrogen-bond donors (Lipinski definition) is 1. The van der Waals surface area contributed by atoms with E-state index in [1.807, 2.05) is 0 Å². The van der Waals surface area contributed by atoms with Gasteiger partial charge in [-0.1, -0.05) is 6.42 Å². The van der Waals surface area contributed by atoms with Crippen LogP contribution in [-0.4, -0.2) is 18.4 Å². The van der Waals surface area contributed by atoms with Gasteiger partial charge in [-0.2, -0.15) is 13.2 Å². The number of anilines is 1. The lowest BCUT2D eigenvalue weighted by Gasteiger charge is -2.29. The van der Waals surface area contributed by atoms with Crippen LogP contribution in [0.1, 0.15) is 36.0 Å². The summed E-state index contributed by atoms with van der Waals surface area (Å²) in [5.74, 6) is -2.39. The second kappa shape index (κ2) is 6.28. The number of halogens is 3. The zero-order chi connectivity index (χ0) is 15.5. The first-order valence-electron chi connectivity index (χ1n) is 6.83. The Morgan fingerprint density at radius 3 is 2.43 bits per heavy atom. The highest BCUT2D eigenvalue weighted by atomic mass is 19.4. The number of carbonyl (C=O) groups is 2. The van der Waals surface area contributed by atoms with Crippen LogP contribution >= 0.6 is 0 Å². The molecule has 1 aliphatic carbocycles. The Bertz CT molecular complexity index is 511. The van der Waals surface area contributed by atoms with Crippen molar-refractivity contribution in [1.29, 1.82) is 0 Å². The quantitative estimate of drug-likeness (QED) is 0.863. The highest BCUT2D eigenvalue weighted by molar-refractivity contribution is 5.93. The van der Waals surface area contributed by atoms with Crippen LogP contribution in [-0.2, 0) is 4.79 Å². The van der Waals surface area contributed by atoms with E-state index in [4.69, 9.17) is 0 Å². The highest BCUT2D eigenvalue weighted by Gasteiger charge is 2.43. The molecular weight excluding hydrogens is 283 g/mol. The molecule has 0 aliphatic heterocycles. The average molecular weight is 299 g/mol. The minimum atomic E-state index is -4.23. The van der Waals surface area contributed by atoms with E-state index in [-0.39, 0.29) is 18.7 Å². The standard InChI is InChI=1S/C15H16F3NO2/c16-15(17,18)12-3-1-2-11(8-12)14(21)19-13-6-4-10(9-20)5-7-13/h4-7,9,11-12H,1-3,8H2,(H,19,21). The van der Waals surface area contributed by atoms with Gasteiger partial charge in [-0.05, 0) is 43.5 Å². The van der Waals surface area contributed by atoms with E-state index in [2.05, 4.69) is 5.32 Å². The van der Waals surface area contributed by atoms with Gasteiger partial charge in [0.1, 0.15) is 6.29 Å². The fourth-order valence-corrected chi connectivity index (χ4v) is 2.61. The van der Waals surface area contributed by atoms with Crippen molar-refractivity contribution in [1.82, 2.24) is 0 Å². The van der Waals surface area contributed by atoms with Gasteiger partial charge in [0.25, 0.3) is 0 Å². The van der Waals surface area contributed by atoms with Gasteiger partial charge in [-0.25, -0.2) is 0 Å². The van der Waals surface area contributed by atoms with Gasteiger partial charge in [0.05, 0.1) is 5.92 Å². The Hall–Kier alpha value is -1.85. The molecule has 6 heteroatoms. The molecule has 0 bridgehead atoms. The molecule has 114 valence electrons. The third-order valence-electron chi connectivity index (χ3n) is 3.82. The predicted octanol–water partition coefficient (Wildman–Crippen LogP) is 3.81. The second-order valence-corrected chi connectivity index (χ2v) is 5.33. The molecule has 2 unspecified atom stereocenters. The number of amides is 1. The molecule has 0 aromatic heterocycles. The van der Waals surface area contributed by atoms with Gasteiger partial charge < -0.3 is 5.32 Å². The largest absolute Gasteiger partial charge is 0.391 e. The number of aldehydes is 1. The summed E-state index contributed by atoms with van der Waals surface area (Å²) in [4.78, 5) is 22.6. The van der Waals surface area contributed by atoms with E-state index in [9.17, 15) is 22.8 Å². The Morgan fingerprint density at radius 2 is 1.86 bits per heavy atom. The predicted molar refractivity (Wildman–Crippen MR) is 72.0 cm³/mol. The summed E-state index contributed by atoms with van der Waals surface area (Å²) in [6.07, 6.45) is -2.72. The summed E-state index contributed by atoms with van der Waals surface area (Å²) < 4.78 is 38.2. The van der Waals surface area contributed by atoms with E-state index in [1.165, 1.54) is 0 Å². The Kier molecular flexibility index (Phi) is 4.65. The topological polar surface area (TPSA) is 46.2 Å². The molecule has 3 nitrogen and oxygen atoms in total. The van der Waals surface area contributed by atoms with E-state index in [1.54, 1.807) is 24.3 Å². The van der Waals surface area contributed by atoms with Crippen LogP contribution in [0.15, 0.2) is 24.3 Å². The lowest BCUT2D eigenvalue weighted by molar-refractivity contribution is -0.185. The van der Waals surface area contributed by atoms with Crippen molar-refractivity contribution in [2.45, 2.75) is 31.9 Å². The molecular formula is C15H16F3NO2. The molecule has 0 spiro atoms. The van der Waals surface area contributed by atoms with Crippen molar-refractivity contribution in [2.24, 2.45) is 11.8 Å². The third kappa shape index (κ3) is 4.06. The molecule has 0 saturated heterocycles. The zero-order valence-corrected chi connectivity index (χ0v) is 11.3. The maximum Gasteiger partial charge on any atom is 0.391 e. The average Bonchev–Trinajstić information content (AvgIpc) is 2.47. The number of hydrogen-bond acceptors (Lipinski definition) is 2. The first-order valence-corrected chi connectivity index (χ1v) is 6.83. The summed E-state index contributed by atoms with van der Waals surface area (Å²) >= 11 is 0. The summed E-state index contributed by atoms with van der Waals surface area (Å²) in [7, 11) is 0. The number of carbonyl (C=O) groups excluding carboxylic acids is 2. The summed E-state index contributed by atoms with van der Waals surface area (Å²) in [5, 5.41) is 2.61. The minimum Gasteiger partial charge on any atom is -0.326 e. The van der Waals surface area contributed by atoms with Crippen LogP contribution in [0.3, 0.4) is 0 Å². The lowest BCUT2D eigenvalue weighted by atomic mass is 9.80.